The second-order valence-electron chi connectivity index (χ2n) is 5.11. The highest BCUT2D eigenvalue weighted by Gasteiger charge is 2.06. The van der Waals surface area contributed by atoms with Crippen molar-refractivity contribution < 1.29 is 5.11 Å². The van der Waals surface area contributed by atoms with Gasteiger partial charge in [0.2, 0.25) is 0 Å². The van der Waals surface area contributed by atoms with Gasteiger partial charge < -0.3 is 15.7 Å². The first kappa shape index (κ1) is 15.8. The van der Waals surface area contributed by atoms with Gasteiger partial charge in [-0.2, -0.15) is 0 Å². The second-order valence-corrected chi connectivity index (χ2v) is 5.11. The molecule has 0 aliphatic rings. The molecule has 0 amide bonds. The highest BCUT2D eigenvalue weighted by Crippen LogP contribution is 2.33. The molecule has 2 rings (SSSR count). The van der Waals surface area contributed by atoms with Gasteiger partial charge in [0.05, 0.1) is 5.69 Å². The number of nitrogens with zero attached hydrogens (tertiary/aromatic N) is 3. The number of hydrogen-bond donors (Lipinski definition) is 2. The Morgan fingerprint density at radius 2 is 1.64 bits per heavy atom. The van der Waals surface area contributed by atoms with E-state index in [4.69, 9.17) is 5.73 Å². The molecular formula is C17H22N4O. The lowest BCUT2D eigenvalue weighted by atomic mass is 10.2. The van der Waals surface area contributed by atoms with E-state index in [0.717, 1.165) is 24.3 Å². The van der Waals surface area contributed by atoms with Crippen molar-refractivity contribution in [3.63, 3.8) is 0 Å². The summed E-state index contributed by atoms with van der Waals surface area (Å²) in [6, 6.07) is 11.0. The fourth-order valence-electron chi connectivity index (χ4n) is 2.25. The van der Waals surface area contributed by atoms with Crippen molar-refractivity contribution >= 4 is 22.7 Å². The normalized spacial score (nSPS) is 11.0. The summed E-state index contributed by atoms with van der Waals surface area (Å²) in [5.41, 5.74) is 9.54. The first-order valence-electron chi connectivity index (χ1n) is 7.41. The van der Waals surface area contributed by atoms with Crippen molar-refractivity contribution in [2.45, 2.75) is 20.8 Å². The van der Waals surface area contributed by atoms with E-state index in [1.165, 1.54) is 0 Å². The number of aryl methyl sites for hydroxylation is 1. The number of aromatic hydroxyl groups is 1. The van der Waals surface area contributed by atoms with Crippen LogP contribution in [0.25, 0.3) is 0 Å². The number of azo groups is 1. The van der Waals surface area contributed by atoms with Crippen LogP contribution in [0.15, 0.2) is 46.6 Å². The maximum Gasteiger partial charge on any atom is 0.145 e. The molecule has 5 nitrogen and oxygen atoms in total. The van der Waals surface area contributed by atoms with Crippen LogP contribution in [0.3, 0.4) is 0 Å². The van der Waals surface area contributed by atoms with Crippen molar-refractivity contribution in [1.82, 2.24) is 0 Å². The second kappa shape index (κ2) is 6.93. The van der Waals surface area contributed by atoms with Crippen molar-refractivity contribution in [3.05, 3.63) is 42.0 Å². The maximum absolute atomic E-state index is 10.1. The molecule has 5 heteroatoms. The number of rotatable bonds is 5. The molecule has 0 bridgehead atoms. The third-order valence-electron chi connectivity index (χ3n) is 3.54. The van der Waals surface area contributed by atoms with Crippen LogP contribution in [0.5, 0.6) is 5.75 Å². The van der Waals surface area contributed by atoms with E-state index < -0.39 is 0 Å². The molecule has 0 radical (unpaired) electrons. The van der Waals surface area contributed by atoms with Gasteiger partial charge in [0.25, 0.3) is 0 Å². The fraction of sp³-hybridized carbons (Fsp3) is 0.294. The molecule has 0 heterocycles. The Balaban J connectivity index is 2.24. The number of phenols is 1. The van der Waals surface area contributed by atoms with E-state index in [1.54, 1.807) is 12.1 Å². The average molecular weight is 298 g/mol. The van der Waals surface area contributed by atoms with Gasteiger partial charge in [0.1, 0.15) is 17.1 Å². The van der Waals surface area contributed by atoms with Crippen molar-refractivity contribution in [2.75, 3.05) is 23.7 Å². The van der Waals surface area contributed by atoms with Crippen LogP contribution >= 0.6 is 0 Å². The zero-order valence-electron chi connectivity index (χ0n) is 13.2. The van der Waals surface area contributed by atoms with Crippen LogP contribution in [0, 0.1) is 6.92 Å². The summed E-state index contributed by atoms with van der Waals surface area (Å²) in [6.45, 7) is 7.89. The summed E-state index contributed by atoms with van der Waals surface area (Å²) < 4.78 is 0. The topological polar surface area (TPSA) is 74.2 Å². The lowest BCUT2D eigenvalue weighted by Gasteiger charge is -2.21. The van der Waals surface area contributed by atoms with Crippen molar-refractivity contribution in [1.29, 1.82) is 0 Å². The molecule has 2 aromatic carbocycles. The number of benzene rings is 2. The Morgan fingerprint density at radius 3 is 2.23 bits per heavy atom. The minimum Gasteiger partial charge on any atom is -0.506 e. The SMILES string of the molecule is CCN(CC)c1ccc(N=Nc2ccc(C)cc2N)c(O)c1. The quantitative estimate of drug-likeness (QED) is 0.628. The summed E-state index contributed by atoms with van der Waals surface area (Å²) in [5, 5.41) is 18.3. The Kier molecular flexibility index (Phi) is 4.99. The third-order valence-corrected chi connectivity index (χ3v) is 3.54. The number of phenolic OH excluding ortho intramolecular Hbond substituents is 1. The highest BCUT2D eigenvalue weighted by molar-refractivity contribution is 5.64. The van der Waals surface area contributed by atoms with Gasteiger partial charge in [-0.3, -0.25) is 0 Å². The van der Waals surface area contributed by atoms with Gasteiger partial charge in [-0.15, -0.1) is 10.2 Å². The Bertz CT molecular complexity index is 678. The van der Waals surface area contributed by atoms with Gasteiger partial charge in [-0.25, -0.2) is 0 Å². The number of nitrogen functional groups attached to an aromatic ring is 1. The summed E-state index contributed by atoms with van der Waals surface area (Å²) in [4.78, 5) is 2.15. The molecule has 2 aromatic rings. The van der Waals surface area contributed by atoms with Crippen LogP contribution in [0.4, 0.5) is 22.7 Å². The molecule has 0 fully saturated rings. The van der Waals surface area contributed by atoms with E-state index in [0.29, 0.717) is 17.1 Å². The molecule has 0 atom stereocenters. The zero-order valence-corrected chi connectivity index (χ0v) is 13.2. The van der Waals surface area contributed by atoms with E-state index in [-0.39, 0.29) is 5.75 Å². The number of nitrogens with two attached hydrogens (primary N) is 1. The molecule has 0 saturated heterocycles. The monoisotopic (exact) mass is 298 g/mol. The predicted molar refractivity (Wildman–Crippen MR) is 91.4 cm³/mol. The maximum atomic E-state index is 10.1. The molecule has 0 aliphatic carbocycles. The van der Waals surface area contributed by atoms with Gasteiger partial charge in [-0.1, -0.05) is 6.07 Å². The summed E-state index contributed by atoms with van der Waals surface area (Å²) in [5.74, 6) is 0.110. The first-order chi connectivity index (χ1) is 10.5. The molecule has 0 saturated carbocycles. The smallest absolute Gasteiger partial charge is 0.145 e. The van der Waals surface area contributed by atoms with Crippen LogP contribution in [-0.4, -0.2) is 18.2 Å². The minimum absolute atomic E-state index is 0.110. The molecule has 3 N–H and O–H groups in total. The standard InChI is InChI=1S/C17H22N4O/c1-4-21(5-2)13-7-9-16(17(22)11-13)20-19-15-8-6-12(3)10-14(15)18/h6-11,22H,4-5,18H2,1-3H3. The number of hydrogen-bond acceptors (Lipinski definition) is 5. The zero-order chi connectivity index (χ0) is 16.1. The Morgan fingerprint density at radius 1 is 1.00 bits per heavy atom. The molecule has 22 heavy (non-hydrogen) atoms. The largest absolute Gasteiger partial charge is 0.506 e. The summed E-state index contributed by atoms with van der Waals surface area (Å²) in [7, 11) is 0. The van der Waals surface area contributed by atoms with Crippen molar-refractivity contribution in [3.8, 4) is 5.75 Å². The van der Waals surface area contributed by atoms with E-state index in [9.17, 15) is 5.11 Å². The minimum atomic E-state index is 0.110. The predicted octanol–water partition coefficient (Wildman–Crippen LogP) is 4.54. The van der Waals surface area contributed by atoms with Crippen LogP contribution in [-0.2, 0) is 0 Å². The first-order valence-corrected chi connectivity index (χ1v) is 7.41. The van der Waals surface area contributed by atoms with Crippen molar-refractivity contribution in [2.24, 2.45) is 10.2 Å². The molecule has 0 unspecified atom stereocenters. The summed E-state index contributed by atoms with van der Waals surface area (Å²) in [6.07, 6.45) is 0. The van der Waals surface area contributed by atoms with E-state index in [1.807, 2.05) is 31.2 Å². The molecule has 0 spiro atoms. The number of anilines is 2. The van der Waals surface area contributed by atoms with Crippen LogP contribution in [0.1, 0.15) is 19.4 Å². The Labute approximate surface area is 131 Å². The lowest BCUT2D eigenvalue weighted by Crippen LogP contribution is -2.21. The lowest BCUT2D eigenvalue weighted by molar-refractivity contribution is 0.476. The van der Waals surface area contributed by atoms with E-state index in [2.05, 4.69) is 29.0 Å². The third kappa shape index (κ3) is 3.55. The molecule has 0 aromatic heterocycles. The average Bonchev–Trinajstić information content (AvgIpc) is 2.49. The van der Waals surface area contributed by atoms with Crippen LogP contribution < -0.4 is 10.6 Å². The highest BCUT2D eigenvalue weighted by atomic mass is 16.3. The van der Waals surface area contributed by atoms with E-state index >= 15 is 0 Å². The fourth-order valence-corrected chi connectivity index (χ4v) is 2.25. The van der Waals surface area contributed by atoms with Gasteiger partial charge in [0, 0.05) is 24.8 Å². The van der Waals surface area contributed by atoms with Gasteiger partial charge in [-0.05, 0) is 50.6 Å². The Hall–Kier alpha value is -2.56. The molecule has 0 aliphatic heterocycles. The van der Waals surface area contributed by atoms with Gasteiger partial charge >= 0.3 is 0 Å². The molecular weight excluding hydrogens is 276 g/mol. The van der Waals surface area contributed by atoms with Gasteiger partial charge in [0.15, 0.2) is 0 Å². The summed E-state index contributed by atoms with van der Waals surface area (Å²) >= 11 is 0. The molecule has 116 valence electrons. The van der Waals surface area contributed by atoms with Crippen LogP contribution in [0.2, 0.25) is 0 Å².